The first kappa shape index (κ1) is 12.8. The van der Waals surface area contributed by atoms with Gasteiger partial charge in [-0.15, -0.1) is 0 Å². The standard InChI is InChI=1S/C16H16N2O2/c1-2-18-14-6-4-3-5-13(14)16(20,15(18)19)11-12-7-9-17-10-8-12/h3-10,20H,2,11H2,1H3/t16-/m0/s1. The van der Waals surface area contributed by atoms with E-state index < -0.39 is 5.60 Å². The third kappa shape index (κ3) is 1.80. The number of amides is 1. The lowest BCUT2D eigenvalue weighted by atomic mass is 9.89. The molecule has 0 fully saturated rings. The molecular formula is C16H16N2O2. The maximum atomic E-state index is 12.6. The molecular weight excluding hydrogens is 252 g/mol. The maximum Gasteiger partial charge on any atom is 0.264 e. The molecule has 0 saturated heterocycles. The van der Waals surface area contributed by atoms with Crippen molar-refractivity contribution in [3.05, 3.63) is 59.9 Å². The lowest BCUT2D eigenvalue weighted by Crippen LogP contribution is -2.41. The minimum atomic E-state index is -1.48. The molecule has 0 aliphatic carbocycles. The van der Waals surface area contributed by atoms with Crippen molar-refractivity contribution in [1.29, 1.82) is 0 Å². The van der Waals surface area contributed by atoms with Gasteiger partial charge in [0.25, 0.3) is 5.91 Å². The second-order valence-electron chi connectivity index (χ2n) is 4.96. The highest BCUT2D eigenvalue weighted by molar-refractivity contribution is 6.06. The van der Waals surface area contributed by atoms with Crippen molar-refractivity contribution in [3.63, 3.8) is 0 Å². The van der Waals surface area contributed by atoms with Crippen molar-refractivity contribution in [2.24, 2.45) is 0 Å². The second-order valence-corrected chi connectivity index (χ2v) is 4.96. The summed E-state index contributed by atoms with van der Waals surface area (Å²) in [6.45, 7) is 2.46. The predicted octanol–water partition coefficient (Wildman–Crippen LogP) is 1.88. The van der Waals surface area contributed by atoms with Gasteiger partial charge in [-0.25, -0.2) is 0 Å². The molecule has 2 aromatic rings. The monoisotopic (exact) mass is 268 g/mol. The Bertz CT molecular complexity index is 642. The van der Waals surface area contributed by atoms with Crippen LogP contribution in [0.15, 0.2) is 48.8 Å². The van der Waals surface area contributed by atoms with E-state index in [9.17, 15) is 9.90 Å². The Morgan fingerprint density at radius 2 is 1.90 bits per heavy atom. The van der Waals surface area contributed by atoms with Gasteiger partial charge in [-0.2, -0.15) is 0 Å². The van der Waals surface area contributed by atoms with Gasteiger partial charge in [0.1, 0.15) is 0 Å². The number of para-hydroxylation sites is 1. The zero-order valence-electron chi connectivity index (χ0n) is 11.3. The number of benzene rings is 1. The summed E-state index contributed by atoms with van der Waals surface area (Å²) in [4.78, 5) is 18.2. The van der Waals surface area contributed by atoms with Gasteiger partial charge in [0.05, 0.1) is 5.69 Å². The molecule has 1 atom stereocenters. The van der Waals surface area contributed by atoms with Gasteiger partial charge in [-0.05, 0) is 30.7 Å². The molecule has 2 heterocycles. The predicted molar refractivity (Wildman–Crippen MR) is 76.3 cm³/mol. The molecule has 1 aliphatic rings. The fraction of sp³-hybridized carbons (Fsp3) is 0.250. The number of nitrogens with zero attached hydrogens (tertiary/aromatic N) is 2. The van der Waals surface area contributed by atoms with Crippen LogP contribution < -0.4 is 4.90 Å². The number of carbonyl (C=O) groups excluding carboxylic acids is 1. The van der Waals surface area contributed by atoms with E-state index in [1.54, 1.807) is 17.3 Å². The zero-order valence-corrected chi connectivity index (χ0v) is 11.3. The highest BCUT2D eigenvalue weighted by atomic mass is 16.3. The molecule has 0 bridgehead atoms. The number of fused-ring (bicyclic) bond motifs is 1. The molecule has 1 amide bonds. The first-order valence-corrected chi connectivity index (χ1v) is 6.69. The van der Waals surface area contributed by atoms with E-state index in [0.29, 0.717) is 12.1 Å². The van der Waals surface area contributed by atoms with E-state index in [2.05, 4.69) is 4.98 Å². The number of hydrogen-bond acceptors (Lipinski definition) is 3. The Kier molecular flexibility index (Phi) is 3.03. The fourth-order valence-corrected chi connectivity index (χ4v) is 2.79. The molecule has 1 aromatic carbocycles. The second kappa shape index (κ2) is 4.72. The molecule has 1 aliphatic heterocycles. The average Bonchev–Trinajstić information content (AvgIpc) is 2.69. The van der Waals surface area contributed by atoms with E-state index in [-0.39, 0.29) is 12.3 Å². The minimum Gasteiger partial charge on any atom is -0.375 e. The Hall–Kier alpha value is -2.20. The Labute approximate surface area is 117 Å². The van der Waals surface area contributed by atoms with E-state index in [0.717, 1.165) is 11.3 Å². The summed E-state index contributed by atoms with van der Waals surface area (Å²) < 4.78 is 0. The normalized spacial score (nSPS) is 21.1. The smallest absolute Gasteiger partial charge is 0.264 e. The summed E-state index contributed by atoms with van der Waals surface area (Å²) in [6.07, 6.45) is 3.60. The molecule has 0 radical (unpaired) electrons. The number of rotatable bonds is 3. The van der Waals surface area contributed by atoms with Crippen LogP contribution in [-0.4, -0.2) is 22.5 Å². The quantitative estimate of drug-likeness (QED) is 0.924. The number of anilines is 1. The fourth-order valence-electron chi connectivity index (χ4n) is 2.79. The van der Waals surface area contributed by atoms with Crippen LogP contribution in [0.2, 0.25) is 0 Å². The molecule has 0 spiro atoms. The van der Waals surface area contributed by atoms with Gasteiger partial charge in [-0.3, -0.25) is 9.78 Å². The van der Waals surface area contributed by atoms with Gasteiger partial charge < -0.3 is 10.0 Å². The number of pyridine rings is 1. The summed E-state index contributed by atoms with van der Waals surface area (Å²) in [5.74, 6) is -0.252. The SMILES string of the molecule is CCN1C(=O)[C@](O)(Cc2ccncc2)c2ccccc21. The van der Waals surface area contributed by atoms with Crippen LogP contribution in [0, 0.1) is 0 Å². The number of likely N-dealkylation sites (N-methyl/N-ethyl adjacent to an activating group) is 1. The largest absolute Gasteiger partial charge is 0.375 e. The van der Waals surface area contributed by atoms with Crippen molar-refractivity contribution >= 4 is 11.6 Å². The first-order chi connectivity index (χ1) is 9.66. The van der Waals surface area contributed by atoms with Gasteiger partial charge in [0, 0.05) is 30.9 Å². The van der Waals surface area contributed by atoms with Crippen LogP contribution in [0.25, 0.3) is 0 Å². The maximum absolute atomic E-state index is 12.6. The van der Waals surface area contributed by atoms with E-state index in [1.807, 2.05) is 43.3 Å². The average molecular weight is 268 g/mol. The molecule has 3 rings (SSSR count). The topological polar surface area (TPSA) is 53.4 Å². The summed E-state index contributed by atoms with van der Waals surface area (Å²) in [6, 6.07) is 11.1. The third-order valence-corrected chi connectivity index (χ3v) is 3.76. The van der Waals surface area contributed by atoms with Crippen molar-refractivity contribution in [2.45, 2.75) is 18.9 Å². The summed E-state index contributed by atoms with van der Waals surface area (Å²) in [7, 11) is 0. The van der Waals surface area contributed by atoms with Crippen LogP contribution in [0.5, 0.6) is 0 Å². The van der Waals surface area contributed by atoms with Crippen LogP contribution in [0.3, 0.4) is 0 Å². The van der Waals surface area contributed by atoms with Crippen LogP contribution in [0.4, 0.5) is 5.69 Å². The Morgan fingerprint density at radius 3 is 2.60 bits per heavy atom. The zero-order chi connectivity index (χ0) is 14.2. The van der Waals surface area contributed by atoms with Gasteiger partial charge in [-0.1, -0.05) is 18.2 Å². The highest BCUT2D eigenvalue weighted by Crippen LogP contribution is 2.41. The van der Waals surface area contributed by atoms with Crippen molar-refractivity contribution in [3.8, 4) is 0 Å². The van der Waals surface area contributed by atoms with Crippen LogP contribution in [-0.2, 0) is 16.8 Å². The number of hydrogen-bond donors (Lipinski definition) is 1. The molecule has 102 valence electrons. The number of aromatic nitrogens is 1. The summed E-state index contributed by atoms with van der Waals surface area (Å²) >= 11 is 0. The summed E-state index contributed by atoms with van der Waals surface area (Å²) in [5, 5.41) is 11.0. The molecule has 1 N–H and O–H groups in total. The Balaban J connectivity index is 2.06. The molecule has 4 heteroatoms. The Morgan fingerprint density at radius 1 is 1.20 bits per heavy atom. The third-order valence-electron chi connectivity index (χ3n) is 3.76. The van der Waals surface area contributed by atoms with Gasteiger partial charge in [0.15, 0.2) is 5.60 Å². The van der Waals surface area contributed by atoms with E-state index in [1.165, 1.54) is 0 Å². The van der Waals surface area contributed by atoms with E-state index in [4.69, 9.17) is 0 Å². The van der Waals surface area contributed by atoms with Gasteiger partial charge in [0.2, 0.25) is 0 Å². The first-order valence-electron chi connectivity index (χ1n) is 6.69. The van der Waals surface area contributed by atoms with Crippen molar-refractivity contribution in [2.75, 3.05) is 11.4 Å². The van der Waals surface area contributed by atoms with Crippen molar-refractivity contribution in [1.82, 2.24) is 4.98 Å². The highest BCUT2D eigenvalue weighted by Gasteiger charge is 2.48. The molecule has 0 unspecified atom stereocenters. The number of carbonyl (C=O) groups is 1. The minimum absolute atomic E-state index is 0.252. The molecule has 1 aromatic heterocycles. The number of aliphatic hydroxyl groups is 1. The summed E-state index contributed by atoms with van der Waals surface area (Å²) in [5.41, 5.74) is 0.900. The lowest BCUT2D eigenvalue weighted by Gasteiger charge is -2.22. The van der Waals surface area contributed by atoms with Crippen LogP contribution in [0.1, 0.15) is 18.1 Å². The van der Waals surface area contributed by atoms with E-state index >= 15 is 0 Å². The molecule has 0 saturated carbocycles. The lowest BCUT2D eigenvalue weighted by molar-refractivity contribution is -0.135. The molecule has 4 nitrogen and oxygen atoms in total. The van der Waals surface area contributed by atoms with Crippen molar-refractivity contribution < 1.29 is 9.90 Å². The van der Waals surface area contributed by atoms with Crippen LogP contribution >= 0.6 is 0 Å². The molecule has 20 heavy (non-hydrogen) atoms. The van der Waals surface area contributed by atoms with Gasteiger partial charge >= 0.3 is 0 Å².